The Morgan fingerprint density at radius 3 is 2.83 bits per heavy atom. The molecule has 0 aliphatic rings. The molecule has 18 heavy (non-hydrogen) atoms. The zero-order valence-electron chi connectivity index (χ0n) is 10.0. The number of halogens is 1. The topological polar surface area (TPSA) is 37.8 Å². The molecule has 2 aromatic rings. The van der Waals surface area contributed by atoms with Gasteiger partial charge < -0.3 is 5.32 Å². The van der Waals surface area contributed by atoms with Gasteiger partial charge in [0.15, 0.2) is 0 Å². The van der Waals surface area contributed by atoms with E-state index in [0.29, 0.717) is 0 Å². The third kappa shape index (κ3) is 3.45. The molecule has 94 valence electrons. The van der Waals surface area contributed by atoms with Crippen molar-refractivity contribution >= 4 is 23.4 Å². The highest BCUT2D eigenvalue weighted by Crippen LogP contribution is 2.29. The summed E-state index contributed by atoms with van der Waals surface area (Å²) in [6.07, 6.45) is 5.17. The fraction of sp³-hybridized carbons (Fsp3) is 0.231. The smallest absolute Gasteiger partial charge is 0.0764 e. The molecule has 0 fully saturated rings. The Bertz CT molecular complexity index is 493. The number of benzene rings is 1. The second kappa shape index (κ2) is 6.73. The molecule has 1 unspecified atom stereocenters. The van der Waals surface area contributed by atoms with E-state index in [1.165, 1.54) is 0 Å². The number of hydrogen-bond acceptors (Lipinski definition) is 4. The number of thioether (sulfide) groups is 1. The molecular weight excluding hydrogens is 266 g/mol. The Morgan fingerprint density at radius 1 is 1.33 bits per heavy atom. The van der Waals surface area contributed by atoms with Gasteiger partial charge in [-0.2, -0.15) is 0 Å². The summed E-state index contributed by atoms with van der Waals surface area (Å²) in [4.78, 5) is 9.49. The van der Waals surface area contributed by atoms with Crippen LogP contribution in [0.4, 0.5) is 0 Å². The maximum Gasteiger partial charge on any atom is 0.0764 e. The van der Waals surface area contributed by atoms with Gasteiger partial charge in [0.1, 0.15) is 0 Å². The largest absolute Gasteiger partial charge is 0.311 e. The quantitative estimate of drug-likeness (QED) is 0.853. The van der Waals surface area contributed by atoms with E-state index in [4.69, 9.17) is 11.6 Å². The first-order chi connectivity index (χ1) is 8.81. The molecule has 0 aliphatic heterocycles. The normalized spacial score (nSPS) is 12.3. The summed E-state index contributed by atoms with van der Waals surface area (Å²) in [5, 5.41) is 4.03. The van der Waals surface area contributed by atoms with Crippen molar-refractivity contribution in [2.45, 2.75) is 10.9 Å². The molecule has 0 aliphatic carbocycles. The van der Waals surface area contributed by atoms with Gasteiger partial charge in [0, 0.05) is 29.2 Å². The minimum absolute atomic E-state index is 0.167. The first kappa shape index (κ1) is 13.3. The Hall–Kier alpha value is -1.10. The van der Waals surface area contributed by atoms with E-state index in [1.807, 2.05) is 31.3 Å². The van der Waals surface area contributed by atoms with Crippen LogP contribution in [0.25, 0.3) is 0 Å². The molecule has 1 heterocycles. The number of nitrogens with zero attached hydrogens (tertiary/aromatic N) is 2. The van der Waals surface area contributed by atoms with Gasteiger partial charge in [-0.3, -0.25) is 9.97 Å². The summed E-state index contributed by atoms with van der Waals surface area (Å²) in [7, 11) is 1.92. The van der Waals surface area contributed by atoms with Crippen molar-refractivity contribution < 1.29 is 0 Å². The molecule has 1 N–H and O–H groups in total. The van der Waals surface area contributed by atoms with Crippen molar-refractivity contribution in [2.24, 2.45) is 0 Å². The Labute approximate surface area is 116 Å². The van der Waals surface area contributed by atoms with Crippen LogP contribution in [-0.2, 0) is 0 Å². The lowest BCUT2D eigenvalue weighted by atomic mass is 10.2. The van der Waals surface area contributed by atoms with Crippen LogP contribution in [0, 0.1) is 0 Å². The van der Waals surface area contributed by atoms with Crippen LogP contribution in [0.2, 0.25) is 5.02 Å². The maximum atomic E-state index is 6.13. The molecular formula is C13H14ClN3S. The van der Waals surface area contributed by atoms with Gasteiger partial charge in [0.2, 0.25) is 0 Å². The van der Waals surface area contributed by atoms with E-state index >= 15 is 0 Å². The molecule has 0 radical (unpaired) electrons. The van der Waals surface area contributed by atoms with E-state index in [0.717, 1.165) is 21.4 Å². The minimum Gasteiger partial charge on any atom is -0.311 e. The zero-order chi connectivity index (χ0) is 12.8. The third-order valence-electron chi connectivity index (χ3n) is 2.53. The lowest BCUT2D eigenvalue weighted by Gasteiger charge is -2.14. The van der Waals surface area contributed by atoms with Crippen molar-refractivity contribution in [3.05, 3.63) is 53.6 Å². The lowest BCUT2D eigenvalue weighted by molar-refractivity contribution is 0.638. The van der Waals surface area contributed by atoms with Crippen LogP contribution in [0.3, 0.4) is 0 Å². The summed E-state index contributed by atoms with van der Waals surface area (Å²) in [5.41, 5.74) is 0.944. The number of rotatable bonds is 5. The predicted octanol–water partition coefficient (Wildman–Crippen LogP) is 3.18. The summed E-state index contributed by atoms with van der Waals surface area (Å²) in [6, 6.07) is 8.02. The monoisotopic (exact) mass is 279 g/mol. The molecule has 0 amide bonds. The number of nitrogens with one attached hydrogen (secondary N) is 1. The second-order valence-corrected chi connectivity index (χ2v) is 5.18. The molecule has 3 nitrogen and oxygen atoms in total. The predicted molar refractivity (Wildman–Crippen MR) is 76.0 cm³/mol. The molecule has 1 aromatic heterocycles. The summed E-state index contributed by atoms with van der Waals surface area (Å²) in [5.74, 6) is 0.860. The Balaban J connectivity index is 2.02. The summed E-state index contributed by atoms with van der Waals surface area (Å²) < 4.78 is 0. The van der Waals surface area contributed by atoms with Gasteiger partial charge in [0.25, 0.3) is 0 Å². The van der Waals surface area contributed by atoms with E-state index in [9.17, 15) is 0 Å². The molecule has 0 bridgehead atoms. The van der Waals surface area contributed by atoms with Gasteiger partial charge in [-0.15, -0.1) is 11.8 Å². The van der Waals surface area contributed by atoms with Crippen molar-refractivity contribution in [1.82, 2.24) is 15.3 Å². The average molecular weight is 280 g/mol. The SMILES string of the molecule is CNC(CSc1ccccc1Cl)c1cnccn1. The molecule has 0 spiro atoms. The van der Waals surface area contributed by atoms with Crippen molar-refractivity contribution in [3.63, 3.8) is 0 Å². The number of aromatic nitrogens is 2. The van der Waals surface area contributed by atoms with Gasteiger partial charge in [-0.05, 0) is 19.2 Å². The summed E-state index contributed by atoms with van der Waals surface area (Å²) >= 11 is 7.84. The molecule has 1 atom stereocenters. The van der Waals surface area contributed by atoms with Gasteiger partial charge in [-0.25, -0.2) is 0 Å². The average Bonchev–Trinajstić information content (AvgIpc) is 2.42. The zero-order valence-corrected chi connectivity index (χ0v) is 11.6. The van der Waals surface area contributed by atoms with Crippen LogP contribution < -0.4 is 5.32 Å². The van der Waals surface area contributed by atoms with Crippen molar-refractivity contribution in [2.75, 3.05) is 12.8 Å². The maximum absolute atomic E-state index is 6.13. The third-order valence-corrected chi connectivity index (χ3v) is 4.14. The van der Waals surface area contributed by atoms with E-state index < -0.39 is 0 Å². The van der Waals surface area contributed by atoms with Gasteiger partial charge >= 0.3 is 0 Å². The molecule has 0 saturated heterocycles. The standard InChI is InChI=1S/C13H14ClN3S/c1-15-12(11-8-16-6-7-17-11)9-18-13-5-3-2-4-10(13)14/h2-8,12,15H,9H2,1H3. The second-order valence-electron chi connectivity index (χ2n) is 3.71. The highest BCUT2D eigenvalue weighted by molar-refractivity contribution is 7.99. The van der Waals surface area contributed by atoms with Crippen LogP contribution in [-0.4, -0.2) is 22.8 Å². The first-order valence-corrected chi connectivity index (χ1v) is 6.98. The van der Waals surface area contributed by atoms with Crippen LogP contribution in [0.15, 0.2) is 47.8 Å². The Morgan fingerprint density at radius 2 is 2.17 bits per heavy atom. The van der Waals surface area contributed by atoms with Crippen LogP contribution in [0.1, 0.15) is 11.7 Å². The fourth-order valence-corrected chi connectivity index (χ4v) is 2.91. The van der Waals surface area contributed by atoms with Crippen molar-refractivity contribution in [3.8, 4) is 0 Å². The lowest BCUT2D eigenvalue weighted by Crippen LogP contribution is -2.20. The van der Waals surface area contributed by atoms with Gasteiger partial charge in [-0.1, -0.05) is 23.7 Å². The number of hydrogen-bond donors (Lipinski definition) is 1. The van der Waals surface area contributed by atoms with Gasteiger partial charge in [0.05, 0.1) is 16.8 Å². The van der Waals surface area contributed by atoms with E-state index in [-0.39, 0.29) is 6.04 Å². The first-order valence-electron chi connectivity index (χ1n) is 5.61. The van der Waals surface area contributed by atoms with Crippen LogP contribution in [0.5, 0.6) is 0 Å². The highest BCUT2D eigenvalue weighted by Gasteiger charge is 2.11. The van der Waals surface area contributed by atoms with Crippen molar-refractivity contribution in [1.29, 1.82) is 0 Å². The fourth-order valence-electron chi connectivity index (χ4n) is 1.54. The summed E-state index contributed by atoms with van der Waals surface area (Å²) in [6.45, 7) is 0. The highest BCUT2D eigenvalue weighted by atomic mass is 35.5. The minimum atomic E-state index is 0.167. The van der Waals surface area contributed by atoms with E-state index in [2.05, 4.69) is 15.3 Å². The molecule has 1 aromatic carbocycles. The molecule has 0 saturated carbocycles. The Kier molecular flexibility index (Phi) is 4.99. The van der Waals surface area contributed by atoms with E-state index in [1.54, 1.807) is 30.4 Å². The van der Waals surface area contributed by atoms with Crippen LogP contribution >= 0.6 is 23.4 Å². The molecule has 2 rings (SSSR count). The molecule has 5 heteroatoms.